The Morgan fingerprint density at radius 2 is 1.76 bits per heavy atom. The fourth-order valence-corrected chi connectivity index (χ4v) is 6.33. The summed E-state index contributed by atoms with van der Waals surface area (Å²) in [4.78, 5) is 31.8. The zero-order valence-corrected chi connectivity index (χ0v) is 25.0. The van der Waals surface area contributed by atoms with Crippen LogP contribution in [0.4, 0.5) is 11.4 Å². The first-order valence-electron chi connectivity index (χ1n) is 13.6. The number of hydrogen-bond donors (Lipinski definition) is 3. The van der Waals surface area contributed by atoms with Crippen molar-refractivity contribution in [3.63, 3.8) is 0 Å². The van der Waals surface area contributed by atoms with Gasteiger partial charge < -0.3 is 16.0 Å². The highest BCUT2D eigenvalue weighted by Crippen LogP contribution is 2.34. The van der Waals surface area contributed by atoms with Crippen molar-refractivity contribution in [2.24, 2.45) is 5.92 Å². The number of amides is 2. The lowest BCUT2D eigenvalue weighted by molar-refractivity contribution is -0.134. The summed E-state index contributed by atoms with van der Waals surface area (Å²) < 4.78 is 30.5. The Morgan fingerprint density at radius 1 is 1.05 bits per heavy atom. The number of nitrogens with one attached hydrogen (secondary N) is 2. The fourth-order valence-electron chi connectivity index (χ4n) is 4.92. The summed E-state index contributed by atoms with van der Waals surface area (Å²) in [7, 11) is -4.21. The molecule has 0 bridgehead atoms. The number of nitrogens with zero attached hydrogens (tertiary/aromatic N) is 2. The Bertz CT molecular complexity index is 1430. The minimum atomic E-state index is -4.21. The molecule has 1 atom stereocenters. The van der Waals surface area contributed by atoms with Crippen molar-refractivity contribution in [1.82, 2.24) is 14.6 Å². The van der Waals surface area contributed by atoms with Crippen molar-refractivity contribution in [3.05, 3.63) is 72.6 Å². The standard InChI is InChI=1S/C30H37N5O4S.ClH/c1-21-16-18-35(19-17-21)30(37)27(12-6-10-25-15-14-24(31)20-32-25)34-40(38,39)28-13-7-11-26(29(28)33-22(2)36)23-8-4-3-5-9-23;/h3-5,7-9,11,13-15,20-21,27,34H,6,10,12,16-19,31H2,1-2H3,(H,33,36);1H/t27-;/m0./s1. The van der Waals surface area contributed by atoms with Crippen LogP contribution in [0.15, 0.2) is 71.8 Å². The summed E-state index contributed by atoms with van der Waals surface area (Å²) in [6, 6.07) is 16.7. The first kappa shape index (κ1) is 32.0. The van der Waals surface area contributed by atoms with Crippen LogP contribution in [0.2, 0.25) is 0 Å². The Balaban J connectivity index is 0.00000462. The van der Waals surface area contributed by atoms with Crippen molar-refractivity contribution in [2.75, 3.05) is 24.1 Å². The van der Waals surface area contributed by atoms with Crippen LogP contribution >= 0.6 is 12.4 Å². The Labute approximate surface area is 248 Å². The number of carbonyl (C=O) groups excluding carboxylic acids is 2. The number of aryl methyl sites for hydroxylation is 1. The van der Waals surface area contributed by atoms with Crippen LogP contribution in [0.25, 0.3) is 11.1 Å². The Hall–Kier alpha value is -3.47. The molecule has 0 saturated carbocycles. The van der Waals surface area contributed by atoms with Crippen LogP contribution < -0.4 is 15.8 Å². The number of sulfonamides is 1. The second-order valence-corrected chi connectivity index (χ2v) is 12.1. The maximum absolute atomic E-state index is 13.9. The molecule has 1 fully saturated rings. The molecule has 1 aromatic heterocycles. The molecular weight excluding hydrogens is 562 g/mol. The minimum absolute atomic E-state index is 0. The molecule has 1 aliphatic rings. The van der Waals surface area contributed by atoms with Gasteiger partial charge in [0.15, 0.2) is 0 Å². The summed E-state index contributed by atoms with van der Waals surface area (Å²) in [5.41, 5.74) is 8.63. The highest BCUT2D eigenvalue weighted by atomic mass is 35.5. The van der Waals surface area contributed by atoms with Gasteiger partial charge in [-0.25, -0.2) is 8.42 Å². The molecule has 4 rings (SSSR count). The zero-order chi connectivity index (χ0) is 28.7. The van der Waals surface area contributed by atoms with Gasteiger partial charge in [-0.2, -0.15) is 4.72 Å². The Kier molecular flexibility index (Phi) is 11.3. The van der Waals surface area contributed by atoms with E-state index < -0.39 is 22.0 Å². The fraction of sp³-hybridized carbons (Fsp3) is 0.367. The highest BCUT2D eigenvalue weighted by molar-refractivity contribution is 7.89. The Morgan fingerprint density at radius 3 is 2.39 bits per heavy atom. The van der Waals surface area contributed by atoms with Crippen molar-refractivity contribution in [2.45, 2.75) is 56.9 Å². The molecule has 2 aromatic carbocycles. The van der Waals surface area contributed by atoms with Crippen LogP contribution in [0, 0.1) is 5.92 Å². The van der Waals surface area contributed by atoms with Crippen LogP contribution in [-0.2, 0) is 26.0 Å². The number of nitrogens with two attached hydrogens (primary N) is 1. The predicted octanol–water partition coefficient (Wildman–Crippen LogP) is 4.64. The van der Waals surface area contributed by atoms with Gasteiger partial charge in [-0.05, 0) is 61.8 Å². The third-order valence-electron chi connectivity index (χ3n) is 7.17. The van der Waals surface area contributed by atoms with Crippen LogP contribution in [0.5, 0.6) is 0 Å². The first-order valence-corrected chi connectivity index (χ1v) is 15.1. The quantitative estimate of drug-likeness (QED) is 0.311. The van der Waals surface area contributed by atoms with Gasteiger partial charge in [-0.1, -0.05) is 49.4 Å². The molecule has 2 amide bonds. The lowest BCUT2D eigenvalue weighted by Crippen LogP contribution is -2.50. The summed E-state index contributed by atoms with van der Waals surface area (Å²) in [5, 5.41) is 2.71. The van der Waals surface area contributed by atoms with E-state index >= 15 is 0 Å². The first-order chi connectivity index (χ1) is 19.1. The molecule has 1 aliphatic heterocycles. The maximum Gasteiger partial charge on any atom is 0.243 e. The summed E-state index contributed by atoms with van der Waals surface area (Å²) in [6.45, 7) is 4.68. The molecule has 9 nitrogen and oxygen atoms in total. The van der Waals surface area contributed by atoms with Gasteiger partial charge in [0.1, 0.15) is 10.9 Å². The number of para-hydroxylation sites is 1. The molecular formula is C30H38ClN5O4S. The molecule has 0 radical (unpaired) electrons. The van der Waals surface area contributed by atoms with E-state index in [1.165, 1.54) is 13.0 Å². The molecule has 3 aromatic rings. The van der Waals surface area contributed by atoms with E-state index in [1.807, 2.05) is 36.4 Å². The average Bonchev–Trinajstić information content (AvgIpc) is 2.94. The van der Waals surface area contributed by atoms with Gasteiger partial charge in [0.05, 0.1) is 17.6 Å². The normalized spacial score (nSPS) is 14.6. The molecule has 4 N–H and O–H groups in total. The third kappa shape index (κ3) is 8.51. The van der Waals surface area contributed by atoms with Gasteiger partial charge in [-0.15, -0.1) is 12.4 Å². The monoisotopic (exact) mass is 599 g/mol. The third-order valence-corrected chi connectivity index (χ3v) is 8.68. The average molecular weight is 600 g/mol. The van der Waals surface area contributed by atoms with E-state index in [-0.39, 0.29) is 28.9 Å². The summed E-state index contributed by atoms with van der Waals surface area (Å²) in [6.07, 6.45) is 4.76. The molecule has 0 aliphatic carbocycles. The van der Waals surface area contributed by atoms with E-state index in [0.717, 1.165) is 24.1 Å². The van der Waals surface area contributed by atoms with E-state index in [9.17, 15) is 18.0 Å². The number of rotatable bonds is 10. The van der Waals surface area contributed by atoms with Gasteiger partial charge in [0.2, 0.25) is 21.8 Å². The highest BCUT2D eigenvalue weighted by Gasteiger charge is 2.32. The molecule has 220 valence electrons. The maximum atomic E-state index is 13.9. The van der Waals surface area contributed by atoms with Gasteiger partial charge in [-0.3, -0.25) is 14.6 Å². The van der Waals surface area contributed by atoms with Crippen LogP contribution in [0.3, 0.4) is 0 Å². The number of piperidine rings is 1. The molecule has 11 heteroatoms. The van der Waals surface area contributed by atoms with Crippen molar-refractivity contribution in [1.29, 1.82) is 0 Å². The number of likely N-dealkylation sites (tertiary alicyclic amines) is 1. The second kappa shape index (κ2) is 14.4. The van der Waals surface area contributed by atoms with E-state index in [4.69, 9.17) is 5.73 Å². The van der Waals surface area contributed by atoms with Gasteiger partial charge in [0, 0.05) is 31.3 Å². The zero-order valence-electron chi connectivity index (χ0n) is 23.4. The lowest BCUT2D eigenvalue weighted by atomic mass is 9.98. The molecule has 41 heavy (non-hydrogen) atoms. The van der Waals surface area contributed by atoms with Crippen molar-refractivity contribution >= 4 is 45.6 Å². The topological polar surface area (TPSA) is 134 Å². The van der Waals surface area contributed by atoms with Crippen LogP contribution in [-0.4, -0.2) is 49.2 Å². The molecule has 2 heterocycles. The largest absolute Gasteiger partial charge is 0.397 e. The van der Waals surface area contributed by atoms with Gasteiger partial charge >= 0.3 is 0 Å². The summed E-state index contributed by atoms with van der Waals surface area (Å²) in [5.74, 6) is -0.108. The minimum Gasteiger partial charge on any atom is -0.397 e. The van der Waals surface area contributed by atoms with E-state index in [1.54, 1.807) is 29.3 Å². The number of nitrogen functional groups attached to an aromatic ring is 1. The molecule has 0 unspecified atom stereocenters. The summed E-state index contributed by atoms with van der Waals surface area (Å²) >= 11 is 0. The second-order valence-electron chi connectivity index (χ2n) is 10.4. The van der Waals surface area contributed by atoms with Crippen molar-refractivity contribution < 1.29 is 18.0 Å². The number of benzene rings is 2. The SMILES string of the molecule is CC(=O)Nc1c(-c2ccccc2)cccc1S(=O)(=O)N[C@@H](CCCc1ccc(N)cn1)C(=O)N1CCC(C)CC1.Cl. The van der Waals surface area contributed by atoms with Gasteiger partial charge in [0.25, 0.3) is 0 Å². The number of hydrogen-bond acceptors (Lipinski definition) is 6. The molecule has 0 spiro atoms. The number of carbonyl (C=O) groups is 2. The van der Waals surface area contributed by atoms with E-state index in [2.05, 4.69) is 21.9 Å². The number of halogens is 1. The molecule has 1 saturated heterocycles. The smallest absolute Gasteiger partial charge is 0.243 e. The van der Waals surface area contributed by atoms with E-state index in [0.29, 0.717) is 49.5 Å². The van der Waals surface area contributed by atoms with Crippen LogP contribution in [0.1, 0.15) is 45.2 Å². The lowest BCUT2D eigenvalue weighted by Gasteiger charge is -2.33. The predicted molar refractivity (Wildman–Crippen MR) is 164 cm³/mol. The number of aromatic nitrogens is 1. The number of anilines is 2. The van der Waals surface area contributed by atoms with Crippen molar-refractivity contribution in [3.8, 4) is 11.1 Å². The number of pyridine rings is 1.